The molecule has 9 heteroatoms. The minimum atomic E-state index is -1.01. The Morgan fingerprint density at radius 2 is 1.51 bits per heavy atom. The van der Waals surface area contributed by atoms with E-state index in [2.05, 4.69) is 6.92 Å². The summed E-state index contributed by atoms with van der Waals surface area (Å²) in [5.74, 6) is 0.352. The molecule has 2 fully saturated rings. The molecule has 5 rings (SSSR count). The molecule has 0 bridgehead atoms. The molecule has 2 heterocycles. The number of hydrogen-bond donors (Lipinski definition) is 0. The van der Waals surface area contributed by atoms with Crippen LogP contribution in [0.5, 0.6) is 23.0 Å². The van der Waals surface area contributed by atoms with Gasteiger partial charge in [0.15, 0.2) is 17.6 Å². The number of carbonyl (C=O) groups is 2. The van der Waals surface area contributed by atoms with Gasteiger partial charge in [0.05, 0.1) is 39.3 Å². The molecule has 0 aliphatic carbocycles. The largest absolute Gasteiger partial charge is 0.494 e. The summed E-state index contributed by atoms with van der Waals surface area (Å²) in [7, 11) is 4.59. The molecule has 3 atom stereocenters. The SMILES string of the molecule is CCCCOc1ccc(N2C(=O)[C@H]3[C@H](ON(c4ccccc4)[C@@H]3c3ccc(OC)c(OC)c3OC)C2=O)cc1. The maximum atomic E-state index is 14.0. The summed E-state index contributed by atoms with van der Waals surface area (Å²) in [4.78, 5) is 35.1. The second kappa shape index (κ2) is 11.2. The topological polar surface area (TPSA) is 86.8 Å². The van der Waals surface area contributed by atoms with Gasteiger partial charge in [0, 0.05) is 5.56 Å². The Hall–Kier alpha value is -4.24. The Labute approximate surface area is 227 Å². The molecule has 9 nitrogen and oxygen atoms in total. The second-order valence-corrected chi connectivity index (χ2v) is 9.29. The first-order valence-electron chi connectivity index (χ1n) is 12.9. The van der Waals surface area contributed by atoms with Crippen molar-refractivity contribution in [2.45, 2.75) is 31.9 Å². The summed E-state index contributed by atoms with van der Waals surface area (Å²) in [5, 5.41) is 1.62. The third-order valence-electron chi connectivity index (χ3n) is 7.04. The molecule has 0 spiro atoms. The predicted octanol–water partition coefficient (Wildman–Crippen LogP) is 4.94. The van der Waals surface area contributed by atoms with Crippen molar-refractivity contribution in [2.24, 2.45) is 5.92 Å². The highest BCUT2D eigenvalue weighted by Crippen LogP contribution is 2.52. The summed E-state index contributed by atoms with van der Waals surface area (Å²) >= 11 is 0. The Bertz CT molecular complexity index is 1330. The maximum Gasteiger partial charge on any atom is 0.266 e. The first kappa shape index (κ1) is 26.4. The zero-order valence-electron chi connectivity index (χ0n) is 22.5. The number of benzene rings is 3. The third kappa shape index (κ3) is 4.63. The Morgan fingerprint density at radius 1 is 0.795 bits per heavy atom. The van der Waals surface area contributed by atoms with E-state index in [1.54, 1.807) is 42.5 Å². The lowest BCUT2D eigenvalue weighted by molar-refractivity contribution is -0.126. The number of carbonyl (C=O) groups excluding carboxylic acids is 2. The standard InChI is InChI=1S/C30H32N2O7/c1-5-6-18-38-21-14-12-19(13-15-21)31-29(33)24-25(22-16-17-23(35-2)27(37-4)26(22)36-3)32(39-28(24)30(31)34)20-10-8-7-9-11-20/h7-17,24-25,28H,5-6,18H2,1-4H3/t24-,25-,28+/m1/s1. The van der Waals surface area contributed by atoms with Gasteiger partial charge >= 0.3 is 0 Å². The highest BCUT2D eigenvalue weighted by molar-refractivity contribution is 6.24. The lowest BCUT2D eigenvalue weighted by Crippen LogP contribution is -2.37. The number of hydrogen-bond acceptors (Lipinski definition) is 8. The van der Waals surface area contributed by atoms with Gasteiger partial charge in [0.2, 0.25) is 11.7 Å². The van der Waals surface area contributed by atoms with Crippen molar-refractivity contribution in [1.82, 2.24) is 0 Å². The van der Waals surface area contributed by atoms with Crippen LogP contribution < -0.4 is 28.9 Å². The van der Waals surface area contributed by atoms with Gasteiger partial charge in [-0.1, -0.05) is 31.5 Å². The molecule has 39 heavy (non-hydrogen) atoms. The molecule has 2 saturated heterocycles. The molecular formula is C30H32N2O7. The van der Waals surface area contributed by atoms with E-state index in [-0.39, 0.29) is 5.91 Å². The zero-order valence-corrected chi connectivity index (χ0v) is 22.5. The van der Waals surface area contributed by atoms with Gasteiger partial charge in [-0.3, -0.25) is 14.4 Å². The second-order valence-electron chi connectivity index (χ2n) is 9.29. The lowest BCUT2D eigenvalue weighted by atomic mass is 9.89. The van der Waals surface area contributed by atoms with Crippen molar-refractivity contribution < 1.29 is 33.4 Å². The number of nitrogens with zero attached hydrogens (tertiary/aromatic N) is 2. The van der Waals surface area contributed by atoms with Gasteiger partial charge in [-0.15, -0.1) is 0 Å². The van der Waals surface area contributed by atoms with Crippen LogP contribution in [0.4, 0.5) is 11.4 Å². The molecular weight excluding hydrogens is 500 g/mol. The fraction of sp³-hybridized carbons (Fsp3) is 0.333. The van der Waals surface area contributed by atoms with Gasteiger partial charge in [0.25, 0.3) is 5.91 Å². The van der Waals surface area contributed by atoms with Crippen molar-refractivity contribution in [3.8, 4) is 23.0 Å². The summed E-state index contributed by atoms with van der Waals surface area (Å²) in [6.45, 7) is 2.71. The molecule has 2 amide bonds. The fourth-order valence-corrected chi connectivity index (χ4v) is 5.17. The minimum absolute atomic E-state index is 0.357. The Kier molecular flexibility index (Phi) is 7.60. The first-order valence-corrected chi connectivity index (χ1v) is 12.9. The van der Waals surface area contributed by atoms with Crippen LogP contribution in [0.1, 0.15) is 31.4 Å². The molecule has 204 valence electrons. The number of amides is 2. The van der Waals surface area contributed by atoms with E-state index in [1.807, 2.05) is 36.4 Å². The summed E-state index contributed by atoms with van der Waals surface area (Å²) in [6.07, 6.45) is 0.967. The van der Waals surface area contributed by atoms with Crippen LogP contribution in [-0.2, 0) is 14.4 Å². The summed E-state index contributed by atoms with van der Waals surface area (Å²) < 4.78 is 22.6. The number of rotatable bonds is 10. The maximum absolute atomic E-state index is 14.0. The number of para-hydroxylation sites is 1. The third-order valence-corrected chi connectivity index (χ3v) is 7.04. The van der Waals surface area contributed by atoms with E-state index in [0.717, 1.165) is 12.8 Å². The van der Waals surface area contributed by atoms with Crippen LogP contribution in [0.25, 0.3) is 0 Å². The summed E-state index contributed by atoms with van der Waals surface area (Å²) in [6, 6.07) is 19.2. The average molecular weight is 533 g/mol. The lowest BCUT2D eigenvalue weighted by Gasteiger charge is -2.30. The Morgan fingerprint density at radius 3 is 2.15 bits per heavy atom. The average Bonchev–Trinajstić information content (AvgIpc) is 3.48. The summed E-state index contributed by atoms with van der Waals surface area (Å²) in [5.41, 5.74) is 1.80. The van der Waals surface area contributed by atoms with Crippen molar-refractivity contribution in [3.05, 3.63) is 72.3 Å². The van der Waals surface area contributed by atoms with Gasteiger partial charge in [-0.05, 0) is 55.0 Å². The quantitative estimate of drug-likeness (QED) is 0.268. The fourth-order valence-electron chi connectivity index (χ4n) is 5.17. The first-order chi connectivity index (χ1) is 19.0. The van der Waals surface area contributed by atoms with Crippen molar-refractivity contribution in [3.63, 3.8) is 0 Å². The van der Waals surface area contributed by atoms with Crippen molar-refractivity contribution in [2.75, 3.05) is 37.9 Å². The molecule has 2 aliphatic heterocycles. The molecule has 0 aromatic heterocycles. The van der Waals surface area contributed by atoms with E-state index in [4.69, 9.17) is 23.8 Å². The number of anilines is 2. The number of hydroxylamine groups is 1. The molecule has 0 unspecified atom stereocenters. The predicted molar refractivity (Wildman–Crippen MR) is 145 cm³/mol. The highest BCUT2D eigenvalue weighted by atomic mass is 16.7. The molecule has 0 N–H and O–H groups in total. The van der Waals surface area contributed by atoms with Crippen LogP contribution in [0.15, 0.2) is 66.7 Å². The van der Waals surface area contributed by atoms with E-state index < -0.39 is 24.0 Å². The highest BCUT2D eigenvalue weighted by Gasteiger charge is 2.61. The van der Waals surface area contributed by atoms with Crippen molar-refractivity contribution in [1.29, 1.82) is 0 Å². The van der Waals surface area contributed by atoms with Gasteiger partial charge < -0.3 is 18.9 Å². The zero-order chi connectivity index (χ0) is 27.5. The van der Waals surface area contributed by atoms with Crippen LogP contribution in [-0.4, -0.2) is 45.9 Å². The van der Waals surface area contributed by atoms with E-state index >= 15 is 0 Å². The molecule has 0 radical (unpaired) electrons. The monoisotopic (exact) mass is 532 g/mol. The van der Waals surface area contributed by atoms with Gasteiger partial charge in [-0.25, -0.2) is 9.96 Å². The smallest absolute Gasteiger partial charge is 0.266 e. The number of ether oxygens (including phenoxy) is 4. The Balaban J connectivity index is 1.55. The van der Waals surface area contributed by atoms with Gasteiger partial charge in [-0.2, -0.15) is 0 Å². The molecule has 2 aliphatic rings. The van der Waals surface area contributed by atoms with E-state index in [9.17, 15) is 9.59 Å². The van der Waals surface area contributed by atoms with E-state index in [1.165, 1.54) is 19.1 Å². The van der Waals surface area contributed by atoms with Crippen LogP contribution in [0, 0.1) is 5.92 Å². The number of unbranched alkanes of at least 4 members (excludes halogenated alkanes) is 1. The molecule has 0 saturated carbocycles. The minimum Gasteiger partial charge on any atom is -0.494 e. The number of fused-ring (bicyclic) bond motifs is 1. The van der Waals surface area contributed by atoms with Crippen molar-refractivity contribution >= 4 is 23.2 Å². The van der Waals surface area contributed by atoms with E-state index in [0.29, 0.717) is 46.5 Å². The number of methoxy groups -OCH3 is 3. The molecule has 3 aromatic rings. The van der Waals surface area contributed by atoms with Gasteiger partial charge in [0.1, 0.15) is 17.7 Å². The van der Waals surface area contributed by atoms with Crippen LogP contribution in [0.2, 0.25) is 0 Å². The normalized spacial score (nSPS) is 20.3. The molecule has 3 aromatic carbocycles. The van der Waals surface area contributed by atoms with Crippen LogP contribution >= 0.6 is 0 Å². The number of imide groups is 1. The van der Waals surface area contributed by atoms with Crippen LogP contribution in [0.3, 0.4) is 0 Å².